The Bertz CT molecular complexity index is 590. The Labute approximate surface area is 124 Å². The van der Waals surface area contributed by atoms with Gasteiger partial charge in [0.25, 0.3) is 5.91 Å². The second-order valence-corrected chi connectivity index (χ2v) is 6.24. The van der Waals surface area contributed by atoms with Crippen LogP contribution in [0.5, 0.6) is 0 Å². The molecule has 6 heteroatoms. The number of primary amides is 1. The van der Waals surface area contributed by atoms with Gasteiger partial charge in [-0.05, 0) is 47.3 Å². The number of amides is 1. The maximum Gasteiger partial charge on any atom is 0.308 e. The third-order valence-electron chi connectivity index (χ3n) is 4.37. The minimum absolute atomic E-state index is 0.0371. The number of carbonyl (C=O) groups is 2. The van der Waals surface area contributed by atoms with Crippen LogP contribution in [0.1, 0.15) is 29.6 Å². The minimum atomic E-state index is -0.752. The maximum atomic E-state index is 11.7. The smallest absolute Gasteiger partial charge is 0.308 e. The van der Waals surface area contributed by atoms with Crippen molar-refractivity contribution in [3.05, 3.63) is 28.2 Å². The highest BCUT2D eigenvalue weighted by molar-refractivity contribution is 9.10. The zero-order valence-corrected chi connectivity index (χ0v) is 12.3. The monoisotopic (exact) mass is 338 g/mol. The number of nitrogens with zero attached hydrogens (tertiary/aromatic N) is 1. The maximum absolute atomic E-state index is 11.7. The van der Waals surface area contributed by atoms with Gasteiger partial charge in [0.15, 0.2) is 0 Å². The van der Waals surface area contributed by atoms with Gasteiger partial charge in [-0.3, -0.25) is 9.59 Å². The number of benzene rings is 1. The Morgan fingerprint density at radius 1 is 1.35 bits per heavy atom. The van der Waals surface area contributed by atoms with Gasteiger partial charge in [-0.15, -0.1) is 0 Å². The van der Waals surface area contributed by atoms with Gasteiger partial charge in [0.2, 0.25) is 0 Å². The highest BCUT2D eigenvalue weighted by Gasteiger charge is 2.50. The lowest BCUT2D eigenvalue weighted by molar-refractivity contribution is -0.142. The molecule has 0 aromatic heterocycles. The SMILES string of the molecule is NC(=O)c1c(Br)cccc1N1C2CCC1C(C(=O)O)C2. The fourth-order valence-corrected chi connectivity index (χ4v) is 4.15. The lowest BCUT2D eigenvalue weighted by Crippen LogP contribution is -2.34. The quantitative estimate of drug-likeness (QED) is 0.882. The van der Waals surface area contributed by atoms with E-state index in [9.17, 15) is 14.7 Å². The lowest BCUT2D eigenvalue weighted by Gasteiger charge is -2.27. The number of aliphatic carboxylic acids is 1. The van der Waals surface area contributed by atoms with Crippen molar-refractivity contribution in [1.29, 1.82) is 0 Å². The Morgan fingerprint density at radius 2 is 2.10 bits per heavy atom. The summed E-state index contributed by atoms with van der Waals surface area (Å²) in [5, 5.41) is 9.31. The average Bonchev–Trinajstić information content (AvgIpc) is 2.95. The number of nitrogens with two attached hydrogens (primary N) is 1. The van der Waals surface area contributed by atoms with Gasteiger partial charge in [0.1, 0.15) is 0 Å². The van der Waals surface area contributed by atoms with Gasteiger partial charge in [0, 0.05) is 16.6 Å². The molecular formula is C14H15BrN2O3. The van der Waals surface area contributed by atoms with Crippen molar-refractivity contribution in [2.45, 2.75) is 31.3 Å². The second-order valence-electron chi connectivity index (χ2n) is 5.38. The number of rotatable bonds is 3. The Hall–Kier alpha value is -1.56. The number of carboxylic acids is 1. The summed E-state index contributed by atoms with van der Waals surface area (Å²) in [5.74, 6) is -1.60. The van der Waals surface area contributed by atoms with Crippen molar-refractivity contribution in [2.75, 3.05) is 4.90 Å². The van der Waals surface area contributed by atoms with E-state index in [0.717, 1.165) is 18.5 Å². The van der Waals surface area contributed by atoms with Crippen LogP contribution in [0.2, 0.25) is 0 Å². The molecule has 20 heavy (non-hydrogen) atoms. The zero-order chi connectivity index (χ0) is 14.4. The van der Waals surface area contributed by atoms with Crippen molar-refractivity contribution < 1.29 is 14.7 Å². The van der Waals surface area contributed by atoms with Crippen LogP contribution in [0, 0.1) is 5.92 Å². The third-order valence-corrected chi connectivity index (χ3v) is 5.03. The molecule has 106 valence electrons. The van der Waals surface area contributed by atoms with Crippen LogP contribution in [-0.2, 0) is 4.79 Å². The van der Waals surface area contributed by atoms with Crippen LogP contribution in [0.3, 0.4) is 0 Å². The van der Waals surface area contributed by atoms with Gasteiger partial charge in [-0.2, -0.15) is 0 Å². The van der Waals surface area contributed by atoms with Gasteiger partial charge >= 0.3 is 5.97 Å². The topological polar surface area (TPSA) is 83.6 Å². The Balaban J connectivity index is 2.05. The van der Waals surface area contributed by atoms with Crippen LogP contribution >= 0.6 is 15.9 Å². The Morgan fingerprint density at radius 3 is 2.70 bits per heavy atom. The summed E-state index contributed by atoms with van der Waals surface area (Å²) in [6, 6.07) is 5.62. The number of carbonyl (C=O) groups excluding carboxylic acids is 1. The summed E-state index contributed by atoms with van der Waals surface area (Å²) >= 11 is 3.36. The minimum Gasteiger partial charge on any atom is -0.481 e. The van der Waals surface area contributed by atoms with Gasteiger partial charge in [0.05, 0.1) is 17.2 Å². The first-order valence-corrected chi connectivity index (χ1v) is 7.39. The second kappa shape index (κ2) is 4.77. The summed E-state index contributed by atoms with van der Waals surface area (Å²) in [5.41, 5.74) is 6.67. The van der Waals surface area contributed by atoms with Crippen molar-refractivity contribution in [2.24, 2.45) is 11.7 Å². The molecule has 5 nitrogen and oxygen atoms in total. The number of halogens is 1. The van der Waals surface area contributed by atoms with E-state index in [1.165, 1.54) is 0 Å². The van der Waals surface area contributed by atoms with E-state index in [1.807, 2.05) is 12.1 Å². The van der Waals surface area contributed by atoms with Crippen molar-refractivity contribution >= 4 is 33.5 Å². The summed E-state index contributed by atoms with van der Waals surface area (Å²) < 4.78 is 0.653. The number of anilines is 1. The molecule has 0 spiro atoms. The zero-order valence-electron chi connectivity index (χ0n) is 10.8. The summed E-state index contributed by atoms with van der Waals surface area (Å²) in [4.78, 5) is 25.1. The largest absolute Gasteiger partial charge is 0.481 e. The van der Waals surface area contributed by atoms with E-state index in [1.54, 1.807) is 6.07 Å². The normalized spacial score (nSPS) is 27.9. The number of fused-ring (bicyclic) bond motifs is 2. The molecule has 2 aliphatic heterocycles. The lowest BCUT2D eigenvalue weighted by atomic mass is 9.89. The summed E-state index contributed by atoms with van der Waals surface area (Å²) in [6.07, 6.45) is 2.47. The van der Waals surface area contributed by atoms with Gasteiger partial charge in [-0.25, -0.2) is 0 Å². The highest BCUT2D eigenvalue weighted by Crippen LogP contribution is 2.46. The predicted molar refractivity (Wildman–Crippen MR) is 77.7 cm³/mol. The van der Waals surface area contributed by atoms with E-state index in [2.05, 4.69) is 20.8 Å². The molecule has 3 rings (SSSR count). The van der Waals surface area contributed by atoms with Crippen molar-refractivity contribution in [1.82, 2.24) is 0 Å². The molecule has 2 aliphatic rings. The Kier molecular flexibility index (Phi) is 3.20. The summed E-state index contributed by atoms with van der Waals surface area (Å²) in [6.45, 7) is 0. The van der Waals surface area contributed by atoms with Crippen molar-refractivity contribution in [3.63, 3.8) is 0 Å². The molecule has 1 amide bonds. The van der Waals surface area contributed by atoms with Crippen LogP contribution in [0.25, 0.3) is 0 Å². The number of carboxylic acid groups (broad SMARTS) is 1. The van der Waals surface area contributed by atoms with Crippen LogP contribution in [0.15, 0.2) is 22.7 Å². The fraction of sp³-hybridized carbons (Fsp3) is 0.429. The number of hydrogen-bond donors (Lipinski definition) is 2. The van der Waals surface area contributed by atoms with Gasteiger partial charge in [-0.1, -0.05) is 6.07 Å². The highest BCUT2D eigenvalue weighted by atomic mass is 79.9. The average molecular weight is 339 g/mol. The molecule has 0 aliphatic carbocycles. The van der Waals surface area contributed by atoms with E-state index in [0.29, 0.717) is 16.5 Å². The van der Waals surface area contributed by atoms with Crippen molar-refractivity contribution in [3.8, 4) is 0 Å². The van der Waals surface area contributed by atoms with E-state index < -0.39 is 11.9 Å². The predicted octanol–water partition coefficient (Wildman–Crippen LogP) is 1.99. The van der Waals surface area contributed by atoms with Crippen LogP contribution in [-0.4, -0.2) is 29.1 Å². The molecule has 2 bridgehead atoms. The number of hydrogen-bond acceptors (Lipinski definition) is 3. The van der Waals surface area contributed by atoms with E-state index in [-0.39, 0.29) is 18.0 Å². The molecule has 1 aromatic rings. The van der Waals surface area contributed by atoms with Crippen LogP contribution in [0.4, 0.5) is 5.69 Å². The molecule has 3 atom stereocenters. The molecule has 3 N–H and O–H groups in total. The molecule has 2 heterocycles. The molecular weight excluding hydrogens is 324 g/mol. The summed E-state index contributed by atoms with van der Waals surface area (Å²) in [7, 11) is 0. The molecule has 3 unspecified atom stereocenters. The molecule has 2 saturated heterocycles. The van der Waals surface area contributed by atoms with E-state index in [4.69, 9.17) is 5.73 Å². The molecule has 1 aromatic carbocycles. The standard InChI is InChI=1S/C14H15BrN2O3/c15-9-2-1-3-11(12(9)13(16)18)17-7-4-5-10(17)8(6-7)14(19)20/h1-3,7-8,10H,4-6H2,(H2,16,18)(H,19,20). The van der Waals surface area contributed by atoms with E-state index >= 15 is 0 Å². The first-order valence-electron chi connectivity index (χ1n) is 6.60. The van der Waals surface area contributed by atoms with Gasteiger partial charge < -0.3 is 15.7 Å². The first-order chi connectivity index (χ1) is 9.50. The molecule has 0 saturated carbocycles. The van der Waals surface area contributed by atoms with Crippen LogP contribution < -0.4 is 10.6 Å². The third kappa shape index (κ3) is 1.90. The first kappa shape index (κ1) is 13.4. The fourth-order valence-electron chi connectivity index (χ4n) is 3.60. The molecule has 2 fully saturated rings. The molecule has 0 radical (unpaired) electrons.